The first kappa shape index (κ1) is 19.5. The molecule has 0 fully saturated rings. The summed E-state index contributed by atoms with van der Waals surface area (Å²) in [5, 5.41) is 9.55. The Morgan fingerprint density at radius 2 is 2.07 bits per heavy atom. The summed E-state index contributed by atoms with van der Waals surface area (Å²) in [7, 11) is 0. The van der Waals surface area contributed by atoms with Crippen molar-refractivity contribution in [2.45, 2.75) is 51.7 Å². The Morgan fingerprint density at radius 3 is 2.78 bits per heavy atom. The fraction of sp³-hybridized carbons (Fsp3) is 0.381. The maximum atomic E-state index is 14.5. The molecule has 1 aliphatic rings. The number of benzene rings is 2. The van der Waals surface area contributed by atoms with Crippen LogP contribution in [0.5, 0.6) is 11.5 Å². The van der Waals surface area contributed by atoms with Crippen LogP contribution in [-0.2, 0) is 17.8 Å². The smallest absolute Gasteiger partial charge is 0.303 e. The van der Waals surface area contributed by atoms with E-state index in [1.807, 2.05) is 13.8 Å². The highest BCUT2D eigenvalue weighted by atomic mass is 35.5. The van der Waals surface area contributed by atoms with Crippen LogP contribution in [-0.4, -0.2) is 17.2 Å². The number of carboxylic acid groups (broad SMARTS) is 1. The number of hydrogen-bond donors (Lipinski definition) is 1. The molecule has 6 heteroatoms. The van der Waals surface area contributed by atoms with Gasteiger partial charge in [0.25, 0.3) is 0 Å². The SMILES string of the molecule is CC(C)Oc1ccc(Cl)cc1COc1cc2c(cc1F)C(CC(=O)O)CC2. The Kier molecular flexibility index (Phi) is 5.90. The zero-order valence-electron chi connectivity index (χ0n) is 15.3. The van der Waals surface area contributed by atoms with Crippen LogP contribution in [0.1, 0.15) is 49.3 Å². The second kappa shape index (κ2) is 8.17. The average Bonchev–Trinajstić information content (AvgIpc) is 2.95. The molecule has 0 saturated heterocycles. The number of carbonyl (C=O) groups is 1. The highest BCUT2D eigenvalue weighted by Gasteiger charge is 2.26. The van der Waals surface area contributed by atoms with E-state index in [2.05, 4.69) is 0 Å². The molecule has 0 spiro atoms. The standard InChI is InChI=1S/C21H22ClFO4/c1-12(2)27-19-6-5-16(22)7-15(19)11-26-20-8-13-3-4-14(9-21(24)25)17(13)10-18(20)23/h5-8,10,12,14H,3-4,9,11H2,1-2H3,(H,24,25). The molecule has 3 rings (SSSR count). The van der Waals surface area contributed by atoms with Gasteiger partial charge in [-0.3, -0.25) is 4.79 Å². The summed E-state index contributed by atoms with van der Waals surface area (Å²) in [4.78, 5) is 11.0. The molecular formula is C21H22ClFO4. The monoisotopic (exact) mass is 392 g/mol. The molecule has 2 aromatic carbocycles. The largest absolute Gasteiger partial charge is 0.491 e. The lowest BCUT2D eigenvalue weighted by molar-refractivity contribution is -0.137. The first-order chi connectivity index (χ1) is 12.8. The van der Waals surface area contributed by atoms with E-state index >= 15 is 0 Å². The van der Waals surface area contributed by atoms with Crippen molar-refractivity contribution < 1.29 is 23.8 Å². The summed E-state index contributed by atoms with van der Waals surface area (Å²) in [6.45, 7) is 3.97. The van der Waals surface area contributed by atoms with Gasteiger partial charge in [-0.1, -0.05) is 11.6 Å². The van der Waals surface area contributed by atoms with Gasteiger partial charge in [-0.2, -0.15) is 0 Å². The second-order valence-electron chi connectivity index (χ2n) is 7.02. The number of ether oxygens (including phenoxy) is 2. The first-order valence-electron chi connectivity index (χ1n) is 8.95. The minimum atomic E-state index is -0.868. The molecule has 1 unspecified atom stereocenters. The van der Waals surface area contributed by atoms with Crippen LogP contribution in [0.2, 0.25) is 5.02 Å². The normalized spacial score (nSPS) is 15.7. The van der Waals surface area contributed by atoms with E-state index in [0.29, 0.717) is 17.2 Å². The summed E-state index contributed by atoms with van der Waals surface area (Å²) < 4.78 is 26.0. The van der Waals surface area contributed by atoms with E-state index in [9.17, 15) is 9.18 Å². The van der Waals surface area contributed by atoms with Crippen molar-refractivity contribution in [2.75, 3.05) is 0 Å². The summed E-state index contributed by atoms with van der Waals surface area (Å²) in [6, 6.07) is 8.35. The number of hydrogen-bond acceptors (Lipinski definition) is 3. The van der Waals surface area contributed by atoms with Gasteiger partial charge in [-0.15, -0.1) is 0 Å². The van der Waals surface area contributed by atoms with Crippen LogP contribution >= 0.6 is 11.6 Å². The molecule has 1 atom stereocenters. The van der Waals surface area contributed by atoms with Crippen LogP contribution in [0.25, 0.3) is 0 Å². The highest BCUT2D eigenvalue weighted by molar-refractivity contribution is 6.30. The Morgan fingerprint density at radius 1 is 1.30 bits per heavy atom. The van der Waals surface area contributed by atoms with Crippen molar-refractivity contribution in [2.24, 2.45) is 0 Å². The number of aryl methyl sites for hydroxylation is 1. The lowest BCUT2D eigenvalue weighted by Crippen LogP contribution is -2.09. The molecule has 0 radical (unpaired) electrons. The Hall–Kier alpha value is -2.27. The molecule has 0 heterocycles. The lowest BCUT2D eigenvalue weighted by atomic mass is 9.98. The predicted molar refractivity (Wildman–Crippen MR) is 101 cm³/mol. The van der Waals surface area contributed by atoms with E-state index in [-0.39, 0.29) is 30.8 Å². The molecule has 144 valence electrons. The van der Waals surface area contributed by atoms with Gasteiger partial charge in [0.05, 0.1) is 12.5 Å². The fourth-order valence-electron chi connectivity index (χ4n) is 3.41. The van der Waals surface area contributed by atoms with Crippen molar-refractivity contribution >= 4 is 17.6 Å². The molecule has 1 N–H and O–H groups in total. The van der Waals surface area contributed by atoms with Gasteiger partial charge in [0.15, 0.2) is 11.6 Å². The van der Waals surface area contributed by atoms with Gasteiger partial charge in [0.1, 0.15) is 12.4 Å². The highest BCUT2D eigenvalue weighted by Crippen LogP contribution is 2.39. The molecule has 2 aromatic rings. The van der Waals surface area contributed by atoms with E-state index in [0.717, 1.165) is 23.1 Å². The number of rotatable bonds is 7. The van der Waals surface area contributed by atoms with Crippen LogP contribution < -0.4 is 9.47 Å². The average molecular weight is 393 g/mol. The number of aliphatic carboxylic acids is 1. The molecule has 0 bridgehead atoms. The van der Waals surface area contributed by atoms with Crippen LogP contribution in [0.3, 0.4) is 0 Å². The molecule has 0 amide bonds. The summed E-state index contributed by atoms with van der Waals surface area (Å²) in [6.07, 6.45) is 1.45. The van der Waals surface area contributed by atoms with E-state index in [4.69, 9.17) is 26.2 Å². The molecule has 4 nitrogen and oxygen atoms in total. The van der Waals surface area contributed by atoms with Gasteiger partial charge < -0.3 is 14.6 Å². The van der Waals surface area contributed by atoms with Gasteiger partial charge in [0, 0.05) is 10.6 Å². The predicted octanol–water partition coefficient (Wildman–Crippen LogP) is 5.35. The van der Waals surface area contributed by atoms with Gasteiger partial charge in [-0.05, 0) is 74.1 Å². The van der Waals surface area contributed by atoms with Gasteiger partial charge in [0.2, 0.25) is 0 Å². The molecule has 1 aliphatic carbocycles. The third kappa shape index (κ3) is 4.72. The third-order valence-corrected chi connectivity index (χ3v) is 4.82. The Labute approximate surface area is 162 Å². The van der Waals surface area contributed by atoms with Crippen LogP contribution in [0.15, 0.2) is 30.3 Å². The summed E-state index contributed by atoms with van der Waals surface area (Å²) in [5.74, 6) is -0.690. The van der Waals surface area contributed by atoms with E-state index in [1.54, 1.807) is 24.3 Å². The van der Waals surface area contributed by atoms with Crippen molar-refractivity contribution in [3.8, 4) is 11.5 Å². The molecular weight excluding hydrogens is 371 g/mol. The third-order valence-electron chi connectivity index (χ3n) is 4.59. The zero-order valence-corrected chi connectivity index (χ0v) is 16.1. The first-order valence-corrected chi connectivity index (χ1v) is 9.33. The van der Waals surface area contributed by atoms with Crippen molar-refractivity contribution in [1.29, 1.82) is 0 Å². The van der Waals surface area contributed by atoms with E-state index in [1.165, 1.54) is 6.07 Å². The van der Waals surface area contributed by atoms with Crippen LogP contribution in [0, 0.1) is 5.82 Å². The molecule has 0 aliphatic heterocycles. The van der Waals surface area contributed by atoms with Gasteiger partial charge >= 0.3 is 5.97 Å². The maximum absolute atomic E-state index is 14.5. The van der Waals surface area contributed by atoms with Crippen molar-refractivity contribution in [1.82, 2.24) is 0 Å². The van der Waals surface area contributed by atoms with Crippen LogP contribution in [0.4, 0.5) is 4.39 Å². The molecule has 0 aromatic heterocycles. The van der Waals surface area contributed by atoms with Crippen molar-refractivity contribution in [3.05, 3.63) is 57.9 Å². The quantitative estimate of drug-likeness (QED) is 0.690. The minimum absolute atomic E-state index is 0.00664. The summed E-state index contributed by atoms with van der Waals surface area (Å²) >= 11 is 6.07. The topological polar surface area (TPSA) is 55.8 Å². The molecule has 27 heavy (non-hydrogen) atoms. The lowest BCUT2D eigenvalue weighted by Gasteiger charge is -2.16. The number of halogens is 2. The number of carboxylic acids is 1. The van der Waals surface area contributed by atoms with E-state index < -0.39 is 11.8 Å². The summed E-state index contributed by atoms with van der Waals surface area (Å²) in [5.41, 5.74) is 2.45. The second-order valence-corrected chi connectivity index (χ2v) is 7.46. The Bertz CT molecular complexity index is 850. The fourth-order valence-corrected chi connectivity index (χ4v) is 3.61. The van der Waals surface area contributed by atoms with Gasteiger partial charge in [-0.25, -0.2) is 4.39 Å². The molecule has 0 saturated carbocycles. The Balaban J connectivity index is 1.78. The minimum Gasteiger partial charge on any atom is -0.491 e. The van der Waals surface area contributed by atoms with Crippen molar-refractivity contribution in [3.63, 3.8) is 0 Å². The zero-order chi connectivity index (χ0) is 19.6. The number of fused-ring (bicyclic) bond motifs is 1. The maximum Gasteiger partial charge on any atom is 0.303 e.